The summed E-state index contributed by atoms with van der Waals surface area (Å²) in [5.74, 6) is -0.235. The van der Waals surface area contributed by atoms with Crippen LogP contribution < -0.4 is 0 Å². The zero-order valence-corrected chi connectivity index (χ0v) is 10.6. The number of esters is 1. The van der Waals surface area contributed by atoms with Gasteiger partial charge in [-0.2, -0.15) is 12.6 Å². The Morgan fingerprint density at radius 3 is 2.56 bits per heavy atom. The van der Waals surface area contributed by atoms with Gasteiger partial charge < -0.3 is 4.74 Å². The summed E-state index contributed by atoms with van der Waals surface area (Å²) in [5, 5.41) is -0.378. The molecule has 0 aliphatic rings. The van der Waals surface area contributed by atoms with Gasteiger partial charge in [0.15, 0.2) is 0 Å². The van der Waals surface area contributed by atoms with E-state index in [0.29, 0.717) is 6.42 Å². The third-order valence-electron chi connectivity index (χ3n) is 2.44. The summed E-state index contributed by atoms with van der Waals surface area (Å²) in [7, 11) is 0. The molecule has 0 saturated carbocycles. The molecule has 88 valence electrons. The summed E-state index contributed by atoms with van der Waals surface area (Å²) < 4.78 is 5.22. The Kier molecular flexibility index (Phi) is 5.39. The predicted octanol–water partition coefficient (Wildman–Crippen LogP) is 2.87. The number of thiol groups is 1. The molecule has 0 bridgehead atoms. The fraction of sp³-hybridized carbons (Fsp3) is 0.462. The molecule has 0 aromatic heterocycles. The van der Waals surface area contributed by atoms with E-state index in [4.69, 9.17) is 4.74 Å². The maximum absolute atomic E-state index is 11.6. The number of carbonyl (C=O) groups is 1. The van der Waals surface area contributed by atoms with Crippen LogP contribution in [0.5, 0.6) is 0 Å². The van der Waals surface area contributed by atoms with Crippen LogP contribution in [0.15, 0.2) is 30.3 Å². The molecule has 0 radical (unpaired) electrons. The molecule has 0 aliphatic heterocycles. The number of ether oxygens (including phenoxy) is 1. The molecular weight excluding hydrogens is 220 g/mol. The van der Waals surface area contributed by atoms with Gasteiger partial charge in [0.2, 0.25) is 0 Å². The first-order valence-corrected chi connectivity index (χ1v) is 6.07. The highest BCUT2D eigenvalue weighted by Crippen LogP contribution is 2.10. The molecule has 0 heterocycles. The van der Waals surface area contributed by atoms with E-state index < -0.39 is 0 Å². The van der Waals surface area contributed by atoms with E-state index in [9.17, 15) is 4.79 Å². The lowest BCUT2D eigenvalue weighted by atomic mass is 10.1. The Morgan fingerprint density at radius 2 is 2.00 bits per heavy atom. The molecule has 1 aromatic rings. The molecule has 16 heavy (non-hydrogen) atoms. The van der Waals surface area contributed by atoms with Crippen LogP contribution in [0.25, 0.3) is 0 Å². The van der Waals surface area contributed by atoms with Crippen LogP contribution in [0, 0.1) is 0 Å². The topological polar surface area (TPSA) is 26.3 Å². The van der Waals surface area contributed by atoms with Crippen LogP contribution >= 0.6 is 12.6 Å². The smallest absolute Gasteiger partial charge is 0.319 e. The average Bonchev–Trinajstić information content (AvgIpc) is 2.30. The third kappa shape index (κ3) is 4.27. The maximum atomic E-state index is 11.6. The van der Waals surface area contributed by atoms with Crippen LogP contribution in [0.4, 0.5) is 0 Å². The highest BCUT2D eigenvalue weighted by atomic mass is 32.1. The molecule has 0 amide bonds. The maximum Gasteiger partial charge on any atom is 0.319 e. The first kappa shape index (κ1) is 13.1. The normalized spacial score (nSPS) is 14.2. The molecule has 1 aromatic carbocycles. The first-order chi connectivity index (χ1) is 7.63. The quantitative estimate of drug-likeness (QED) is 0.630. The van der Waals surface area contributed by atoms with Crippen molar-refractivity contribution < 1.29 is 9.53 Å². The fourth-order valence-electron chi connectivity index (χ4n) is 1.28. The Hall–Kier alpha value is -0.960. The van der Waals surface area contributed by atoms with Gasteiger partial charge in [-0.3, -0.25) is 4.79 Å². The predicted molar refractivity (Wildman–Crippen MR) is 68.8 cm³/mol. The van der Waals surface area contributed by atoms with Crippen molar-refractivity contribution in [2.24, 2.45) is 0 Å². The molecule has 3 heteroatoms. The van der Waals surface area contributed by atoms with E-state index in [-0.39, 0.29) is 17.3 Å². The summed E-state index contributed by atoms with van der Waals surface area (Å²) >= 11 is 4.28. The first-order valence-electron chi connectivity index (χ1n) is 5.56. The molecule has 0 saturated heterocycles. The van der Waals surface area contributed by atoms with Crippen molar-refractivity contribution in [3.05, 3.63) is 35.9 Å². The second-order valence-electron chi connectivity index (χ2n) is 3.86. The van der Waals surface area contributed by atoms with Gasteiger partial charge >= 0.3 is 5.97 Å². The zero-order valence-electron chi connectivity index (χ0n) is 9.72. The minimum absolute atomic E-state index is 0.0297. The average molecular weight is 238 g/mol. The Labute approximate surface area is 102 Å². The summed E-state index contributed by atoms with van der Waals surface area (Å²) in [6, 6.07) is 9.83. The zero-order chi connectivity index (χ0) is 12.0. The Balaban J connectivity index is 2.46. The van der Waals surface area contributed by atoms with Crippen LogP contribution in [0.1, 0.15) is 25.8 Å². The van der Waals surface area contributed by atoms with E-state index in [1.54, 1.807) is 0 Å². The molecule has 2 nitrogen and oxygen atoms in total. The Bertz CT molecular complexity index is 324. The fourth-order valence-corrected chi connectivity index (χ4v) is 1.55. The summed E-state index contributed by atoms with van der Waals surface area (Å²) in [4.78, 5) is 11.6. The van der Waals surface area contributed by atoms with Crippen molar-refractivity contribution in [2.45, 2.75) is 38.0 Å². The van der Waals surface area contributed by atoms with Gasteiger partial charge in [0, 0.05) is 0 Å². The minimum atomic E-state index is -0.378. The second-order valence-corrected chi connectivity index (χ2v) is 4.48. The van der Waals surface area contributed by atoms with Crippen molar-refractivity contribution in [1.82, 2.24) is 0 Å². The molecule has 0 fully saturated rings. The summed E-state index contributed by atoms with van der Waals surface area (Å²) in [5.41, 5.74) is 1.10. The third-order valence-corrected chi connectivity index (χ3v) is 2.83. The minimum Gasteiger partial charge on any atom is -0.462 e. The van der Waals surface area contributed by atoms with Gasteiger partial charge in [-0.15, -0.1) is 0 Å². The van der Waals surface area contributed by atoms with Crippen LogP contribution in [-0.4, -0.2) is 17.3 Å². The largest absolute Gasteiger partial charge is 0.462 e. The van der Waals surface area contributed by atoms with E-state index in [0.717, 1.165) is 12.0 Å². The van der Waals surface area contributed by atoms with Crippen LogP contribution in [0.3, 0.4) is 0 Å². The molecular formula is C13H18O2S. The van der Waals surface area contributed by atoms with Crippen LogP contribution in [0.2, 0.25) is 0 Å². The number of rotatable bonds is 5. The Morgan fingerprint density at radius 1 is 1.38 bits per heavy atom. The number of carbonyl (C=O) groups excluding carboxylic acids is 1. The molecule has 2 atom stereocenters. The van der Waals surface area contributed by atoms with Crippen molar-refractivity contribution >= 4 is 18.6 Å². The molecule has 1 rings (SSSR count). The summed E-state index contributed by atoms with van der Waals surface area (Å²) in [6.07, 6.45) is 1.41. The van der Waals surface area contributed by atoms with Gasteiger partial charge in [-0.25, -0.2) is 0 Å². The van der Waals surface area contributed by atoms with Crippen molar-refractivity contribution in [3.63, 3.8) is 0 Å². The monoisotopic (exact) mass is 238 g/mol. The van der Waals surface area contributed by atoms with Gasteiger partial charge in [-0.1, -0.05) is 37.3 Å². The van der Waals surface area contributed by atoms with Crippen molar-refractivity contribution in [2.75, 3.05) is 0 Å². The van der Waals surface area contributed by atoms with Gasteiger partial charge in [-0.05, 0) is 25.3 Å². The van der Waals surface area contributed by atoms with Gasteiger partial charge in [0.1, 0.15) is 5.25 Å². The molecule has 0 N–H and O–H groups in total. The van der Waals surface area contributed by atoms with E-state index in [1.807, 2.05) is 44.2 Å². The van der Waals surface area contributed by atoms with Crippen molar-refractivity contribution in [1.29, 1.82) is 0 Å². The SMILES string of the molecule is CCC(C)OC(=O)C(S)Cc1ccccc1. The number of hydrogen-bond acceptors (Lipinski definition) is 3. The molecule has 0 aliphatic carbocycles. The van der Waals surface area contributed by atoms with Crippen molar-refractivity contribution in [3.8, 4) is 0 Å². The number of benzene rings is 1. The van der Waals surface area contributed by atoms with Gasteiger partial charge in [0.05, 0.1) is 6.10 Å². The lowest BCUT2D eigenvalue weighted by Gasteiger charge is -2.14. The highest BCUT2D eigenvalue weighted by molar-refractivity contribution is 7.81. The van der Waals surface area contributed by atoms with E-state index in [1.165, 1.54) is 0 Å². The van der Waals surface area contributed by atoms with E-state index >= 15 is 0 Å². The van der Waals surface area contributed by atoms with Crippen LogP contribution in [-0.2, 0) is 16.0 Å². The summed E-state index contributed by atoms with van der Waals surface area (Å²) in [6.45, 7) is 3.88. The number of hydrogen-bond donors (Lipinski definition) is 1. The lowest BCUT2D eigenvalue weighted by molar-refractivity contribution is -0.147. The van der Waals surface area contributed by atoms with Gasteiger partial charge in [0.25, 0.3) is 0 Å². The standard InChI is InChI=1S/C13H18O2S/c1-3-10(2)15-13(14)12(16)9-11-7-5-4-6-8-11/h4-8,10,12,16H,3,9H2,1-2H3. The lowest BCUT2D eigenvalue weighted by Crippen LogP contribution is -2.24. The second kappa shape index (κ2) is 6.59. The highest BCUT2D eigenvalue weighted by Gasteiger charge is 2.17. The van der Waals surface area contributed by atoms with E-state index in [2.05, 4.69) is 12.6 Å². The molecule has 2 unspecified atom stereocenters. The molecule has 0 spiro atoms.